The quantitative estimate of drug-likeness (QED) is 0.605. The number of carbonyl (C=O) groups is 1. The second-order valence-electron chi connectivity index (χ2n) is 5.48. The van der Waals surface area contributed by atoms with Gasteiger partial charge in [0.15, 0.2) is 5.78 Å². The van der Waals surface area contributed by atoms with Crippen LogP contribution >= 0.6 is 0 Å². The summed E-state index contributed by atoms with van der Waals surface area (Å²) in [6.07, 6.45) is -4.18. The van der Waals surface area contributed by atoms with E-state index in [0.717, 1.165) is 0 Å². The molecule has 0 bridgehead atoms. The number of piperidine rings is 1. The standard InChI is InChI=1S/C15H17F4NO/c1-9-7-14(12(10(2)21)8-13(9)16)20-5-3-11(4-6-20)15(17,18)19/h7-8,11H,3-6H2,1-2H3. The number of alkyl halides is 3. The molecule has 116 valence electrons. The number of aryl methyl sites for hydroxylation is 1. The molecule has 1 aliphatic rings. The van der Waals surface area contributed by atoms with E-state index in [2.05, 4.69) is 0 Å². The molecule has 1 heterocycles. The van der Waals surface area contributed by atoms with Crippen LogP contribution in [0.3, 0.4) is 0 Å². The summed E-state index contributed by atoms with van der Waals surface area (Å²) in [7, 11) is 0. The van der Waals surface area contributed by atoms with Crippen molar-refractivity contribution in [2.45, 2.75) is 32.9 Å². The van der Waals surface area contributed by atoms with E-state index in [1.165, 1.54) is 13.0 Å². The first kappa shape index (κ1) is 15.8. The average molecular weight is 303 g/mol. The third-order valence-electron chi connectivity index (χ3n) is 3.95. The van der Waals surface area contributed by atoms with E-state index in [9.17, 15) is 22.4 Å². The van der Waals surface area contributed by atoms with Crippen LogP contribution in [-0.2, 0) is 0 Å². The van der Waals surface area contributed by atoms with Gasteiger partial charge in [-0.3, -0.25) is 4.79 Å². The Morgan fingerprint density at radius 3 is 2.29 bits per heavy atom. The summed E-state index contributed by atoms with van der Waals surface area (Å²) in [4.78, 5) is 13.4. The lowest BCUT2D eigenvalue weighted by atomic mass is 9.94. The van der Waals surface area contributed by atoms with Gasteiger partial charge in [0.05, 0.1) is 5.92 Å². The Morgan fingerprint density at radius 2 is 1.81 bits per heavy atom. The van der Waals surface area contributed by atoms with Gasteiger partial charge in [0.2, 0.25) is 0 Å². The van der Waals surface area contributed by atoms with Gasteiger partial charge in [0, 0.05) is 24.3 Å². The highest BCUT2D eigenvalue weighted by Gasteiger charge is 2.41. The van der Waals surface area contributed by atoms with Gasteiger partial charge in [-0.2, -0.15) is 13.2 Å². The zero-order chi connectivity index (χ0) is 15.8. The number of benzene rings is 1. The summed E-state index contributed by atoms with van der Waals surface area (Å²) in [6.45, 7) is 3.34. The van der Waals surface area contributed by atoms with Gasteiger partial charge in [-0.25, -0.2) is 4.39 Å². The van der Waals surface area contributed by atoms with E-state index in [1.54, 1.807) is 17.9 Å². The molecule has 0 amide bonds. The van der Waals surface area contributed by atoms with Crippen LogP contribution in [0.15, 0.2) is 12.1 Å². The Balaban J connectivity index is 2.24. The summed E-state index contributed by atoms with van der Waals surface area (Å²) < 4.78 is 51.6. The van der Waals surface area contributed by atoms with Crippen LogP contribution in [0.2, 0.25) is 0 Å². The van der Waals surface area contributed by atoms with Crippen molar-refractivity contribution in [1.29, 1.82) is 0 Å². The van der Waals surface area contributed by atoms with Crippen LogP contribution in [0, 0.1) is 18.7 Å². The normalized spacial score (nSPS) is 17.1. The van der Waals surface area contributed by atoms with Crippen molar-refractivity contribution in [3.05, 3.63) is 29.1 Å². The van der Waals surface area contributed by atoms with Crippen molar-refractivity contribution >= 4 is 11.5 Å². The second-order valence-corrected chi connectivity index (χ2v) is 5.48. The van der Waals surface area contributed by atoms with Gasteiger partial charge in [-0.15, -0.1) is 0 Å². The largest absolute Gasteiger partial charge is 0.391 e. The third kappa shape index (κ3) is 3.36. The fourth-order valence-electron chi connectivity index (χ4n) is 2.66. The predicted molar refractivity (Wildman–Crippen MR) is 72.1 cm³/mol. The summed E-state index contributed by atoms with van der Waals surface area (Å²) >= 11 is 0. The van der Waals surface area contributed by atoms with Crippen molar-refractivity contribution in [1.82, 2.24) is 0 Å². The molecule has 0 spiro atoms. The van der Waals surface area contributed by atoms with E-state index in [1.807, 2.05) is 0 Å². The van der Waals surface area contributed by atoms with Gasteiger partial charge < -0.3 is 4.90 Å². The number of carbonyl (C=O) groups excluding carboxylic acids is 1. The highest BCUT2D eigenvalue weighted by atomic mass is 19.4. The van der Waals surface area contributed by atoms with E-state index in [-0.39, 0.29) is 37.3 Å². The topological polar surface area (TPSA) is 20.3 Å². The number of halogens is 4. The van der Waals surface area contributed by atoms with Gasteiger partial charge in [-0.1, -0.05) is 0 Å². The molecule has 0 radical (unpaired) electrons. The van der Waals surface area contributed by atoms with Gasteiger partial charge >= 0.3 is 6.18 Å². The monoisotopic (exact) mass is 303 g/mol. The van der Waals surface area contributed by atoms with Crippen LogP contribution in [0.25, 0.3) is 0 Å². The smallest absolute Gasteiger partial charge is 0.371 e. The molecule has 1 saturated heterocycles. The fourth-order valence-corrected chi connectivity index (χ4v) is 2.66. The summed E-state index contributed by atoms with van der Waals surface area (Å²) in [5.41, 5.74) is 1.14. The Kier molecular flexibility index (Phi) is 4.25. The molecule has 0 atom stereocenters. The second kappa shape index (κ2) is 5.66. The van der Waals surface area contributed by atoms with Crippen molar-refractivity contribution in [3.63, 3.8) is 0 Å². The lowest BCUT2D eigenvalue weighted by molar-refractivity contribution is -0.179. The molecule has 0 aliphatic carbocycles. The molecule has 2 nitrogen and oxygen atoms in total. The van der Waals surface area contributed by atoms with Crippen LogP contribution in [0.5, 0.6) is 0 Å². The molecule has 1 fully saturated rings. The molecule has 0 N–H and O–H groups in total. The zero-order valence-electron chi connectivity index (χ0n) is 11.9. The molecule has 0 unspecified atom stereocenters. The number of hydrogen-bond donors (Lipinski definition) is 0. The first-order valence-corrected chi connectivity index (χ1v) is 6.83. The van der Waals surface area contributed by atoms with Crippen LogP contribution in [-0.4, -0.2) is 25.0 Å². The molecular weight excluding hydrogens is 286 g/mol. The van der Waals surface area contributed by atoms with E-state index in [0.29, 0.717) is 11.3 Å². The zero-order valence-corrected chi connectivity index (χ0v) is 11.9. The fraction of sp³-hybridized carbons (Fsp3) is 0.533. The van der Waals surface area contributed by atoms with E-state index >= 15 is 0 Å². The molecular formula is C15H17F4NO. The Bertz CT molecular complexity index is 545. The number of hydrogen-bond acceptors (Lipinski definition) is 2. The number of nitrogens with zero attached hydrogens (tertiary/aromatic N) is 1. The number of ketones is 1. The molecule has 6 heteroatoms. The molecule has 1 aromatic carbocycles. The van der Waals surface area contributed by atoms with Crippen LogP contribution < -0.4 is 4.90 Å². The molecule has 21 heavy (non-hydrogen) atoms. The number of rotatable bonds is 2. The molecule has 1 aromatic rings. The predicted octanol–water partition coefficient (Wildman–Crippen LogP) is 4.12. The summed E-state index contributed by atoms with van der Waals surface area (Å²) in [6, 6.07) is 2.71. The maximum Gasteiger partial charge on any atom is 0.391 e. The minimum Gasteiger partial charge on any atom is -0.371 e. The number of anilines is 1. The minimum atomic E-state index is -4.17. The average Bonchev–Trinajstić information content (AvgIpc) is 2.40. The molecule has 1 aliphatic heterocycles. The summed E-state index contributed by atoms with van der Waals surface area (Å²) in [5, 5.41) is 0. The van der Waals surface area contributed by atoms with Gasteiger partial charge in [0.1, 0.15) is 5.82 Å². The number of Topliss-reactive ketones (excluding diaryl/α,β-unsaturated/α-hetero) is 1. The van der Waals surface area contributed by atoms with Crippen LogP contribution in [0.4, 0.5) is 23.2 Å². The summed E-state index contributed by atoms with van der Waals surface area (Å²) in [5.74, 6) is -2.06. The highest BCUT2D eigenvalue weighted by Crippen LogP contribution is 2.36. The maximum absolute atomic E-state index is 13.6. The van der Waals surface area contributed by atoms with Gasteiger partial charge in [-0.05, 0) is 44.4 Å². The molecule has 0 aromatic heterocycles. The van der Waals surface area contributed by atoms with Crippen LogP contribution in [0.1, 0.15) is 35.7 Å². The van der Waals surface area contributed by atoms with Gasteiger partial charge in [0.25, 0.3) is 0 Å². The molecule has 0 saturated carbocycles. The maximum atomic E-state index is 13.6. The van der Waals surface area contributed by atoms with Crippen molar-refractivity contribution < 1.29 is 22.4 Å². The van der Waals surface area contributed by atoms with Crippen molar-refractivity contribution in [2.75, 3.05) is 18.0 Å². The SMILES string of the molecule is CC(=O)c1cc(F)c(C)cc1N1CCC(C(F)(F)F)CC1. The van der Waals surface area contributed by atoms with E-state index in [4.69, 9.17) is 0 Å². The lowest BCUT2D eigenvalue weighted by Crippen LogP contribution is -2.39. The first-order valence-electron chi connectivity index (χ1n) is 6.83. The Labute approximate surface area is 120 Å². The van der Waals surface area contributed by atoms with Crippen molar-refractivity contribution in [3.8, 4) is 0 Å². The Hall–Kier alpha value is -1.59. The first-order chi connectivity index (χ1) is 9.70. The third-order valence-corrected chi connectivity index (χ3v) is 3.95. The lowest BCUT2D eigenvalue weighted by Gasteiger charge is -2.35. The highest BCUT2D eigenvalue weighted by molar-refractivity contribution is 6.00. The molecule has 2 rings (SSSR count). The van der Waals surface area contributed by atoms with E-state index < -0.39 is 17.9 Å². The van der Waals surface area contributed by atoms with Crippen molar-refractivity contribution in [2.24, 2.45) is 5.92 Å². The Morgan fingerprint density at radius 1 is 1.24 bits per heavy atom. The minimum absolute atomic E-state index is 0.00271.